The number of hydrogen-bond donors (Lipinski definition) is 2. The highest BCUT2D eigenvalue weighted by Crippen LogP contribution is 2.23. The number of aromatic nitrogens is 2. The number of nitrogens with zero attached hydrogens (tertiary/aromatic N) is 2. The monoisotopic (exact) mass is 324 g/mol. The van der Waals surface area contributed by atoms with Gasteiger partial charge in [0.25, 0.3) is 0 Å². The molecule has 0 saturated carbocycles. The molecule has 0 aliphatic heterocycles. The van der Waals surface area contributed by atoms with E-state index in [0.717, 1.165) is 0 Å². The zero-order chi connectivity index (χ0) is 15.2. The minimum Gasteiger partial charge on any atom is -0.465 e. The van der Waals surface area contributed by atoms with Gasteiger partial charge < -0.3 is 15.8 Å². The number of benzene rings is 1. The lowest BCUT2D eigenvalue weighted by Gasteiger charge is -2.05. The Hall–Kier alpha value is -2.13. The first kappa shape index (κ1) is 15.3. The summed E-state index contributed by atoms with van der Waals surface area (Å²) in [6.07, 6.45) is 0. The second-order valence-corrected chi connectivity index (χ2v) is 6.04. The Morgan fingerprint density at radius 3 is 2.62 bits per heavy atom. The van der Waals surface area contributed by atoms with Crippen LogP contribution in [0, 0.1) is 0 Å². The molecule has 110 valence electrons. The van der Waals surface area contributed by atoms with E-state index < -0.39 is 5.97 Å². The molecule has 21 heavy (non-hydrogen) atoms. The fourth-order valence-electron chi connectivity index (χ4n) is 1.41. The molecule has 1 aromatic carbocycles. The highest BCUT2D eigenvalue weighted by Gasteiger charge is 2.08. The number of carbonyl (C=O) groups excluding carboxylic acids is 2. The molecular weight excluding hydrogens is 312 g/mol. The number of nitrogens with two attached hydrogens (primary N) is 1. The Bertz CT molecular complexity index is 642. The summed E-state index contributed by atoms with van der Waals surface area (Å²) in [6.45, 7) is 0. The average molecular weight is 324 g/mol. The van der Waals surface area contributed by atoms with Gasteiger partial charge in [0.15, 0.2) is 4.34 Å². The van der Waals surface area contributed by atoms with Crippen LogP contribution in [0.2, 0.25) is 0 Å². The molecule has 2 aromatic rings. The lowest BCUT2D eigenvalue weighted by Crippen LogP contribution is -2.14. The molecular formula is C12H12N4O3S2. The van der Waals surface area contributed by atoms with E-state index in [1.807, 2.05) is 0 Å². The van der Waals surface area contributed by atoms with Crippen molar-refractivity contribution in [1.29, 1.82) is 0 Å². The largest absolute Gasteiger partial charge is 0.465 e. The quantitative estimate of drug-likeness (QED) is 0.636. The van der Waals surface area contributed by atoms with Gasteiger partial charge in [-0.1, -0.05) is 23.1 Å². The first-order valence-electron chi connectivity index (χ1n) is 5.78. The van der Waals surface area contributed by atoms with Crippen LogP contribution >= 0.6 is 23.1 Å². The topological polar surface area (TPSA) is 107 Å². The zero-order valence-electron chi connectivity index (χ0n) is 11.0. The van der Waals surface area contributed by atoms with Crippen molar-refractivity contribution in [2.75, 3.05) is 23.9 Å². The molecule has 0 bridgehead atoms. The minimum atomic E-state index is -0.419. The van der Waals surface area contributed by atoms with Gasteiger partial charge in [0.1, 0.15) is 0 Å². The number of thioether (sulfide) groups is 1. The van der Waals surface area contributed by atoms with Gasteiger partial charge in [0, 0.05) is 5.69 Å². The molecule has 0 atom stereocenters. The minimum absolute atomic E-state index is 0.181. The van der Waals surface area contributed by atoms with Crippen LogP contribution in [-0.4, -0.2) is 34.9 Å². The Morgan fingerprint density at radius 1 is 1.33 bits per heavy atom. The highest BCUT2D eigenvalue weighted by atomic mass is 32.2. The maximum Gasteiger partial charge on any atom is 0.337 e. The number of nitrogen functional groups attached to an aromatic ring is 1. The number of esters is 1. The van der Waals surface area contributed by atoms with Crippen molar-refractivity contribution in [3.8, 4) is 0 Å². The van der Waals surface area contributed by atoms with Gasteiger partial charge in [-0.25, -0.2) is 4.79 Å². The molecule has 0 aliphatic carbocycles. The van der Waals surface area contributed by atoms with Gasteiger partial charge in [-0.05, 0) is 24.3 Å². The first-order valence-corrected chi connectivity index (χ1v) is 7.58. The highest BCUT2D eigenvalue weighted by molar-refractivity contribution is 8.01. The van der Waals surface area contributed by atoms with Gasteiger partial charge in [-0.2, -0.15) is 0 Å². The molecule has 9 heteroatoms. The number of methoxy groups -OCH3 is 1. The normalized spacial score (nSPS) is 10.1. The van der Waals surface area contributed by atoms with Gasteiger partial charge in [-0.15, -0.1) is 10.2 Å². The van der Waals surface area contributed by atoms with Crippen molar-refractivity contribution < 1.29 is 14.3 Å². The molecule has 1 heterocycles. The summed E-state index contributed by atoms with van der Waals surface area (Å²) in [6, 6.07) is 6.44. The Labute approximate surface area is 128 Å². The molecule has 0 radical (unpaired) electrons. The predicted octanol–water partition coefficient (Wildman–Crippen LogP) is 1.64. The molecule has 2 rings (SSSR count). The van der Waals surface area contributed by atoms with Crippen molar-refractivity contribution in [3.05, 3.63) is 29.8 Å². The van der Waals surface area contributed by atoms with Crippen LogP contribution in [0.25, 0.3) is 0 Å². The van der Waals surface area contributed by atoms with E-state index in [2.05, 4.69) is 20.3 Å². The number of anilines is 2. The summed E-state index contributed by atoms with van der Waals surface area (Å²) in [5.41, 5.74) is 6.48. The number of amides is 1. The summed E-state index contributed by atoms with van der Waals surface area (Å²) in [4.78, 5) is 23.0. The summed E-state index contributed by atoms with van der Waals surface area (Å²) in [5, 5.41) is 10.6. The zero-order valence-corrected chi connectivity index (χ0v) is 12.7. The fourth-order valence-corrected chi connectivity index (χ4v) is 2.85. The Morgan fingerprint density at radius 2 is 2.05 bits per heavy atom. The molecule has 3 N–H and O–H groups in total. The van der Waals surface area contributed by atoms with Gasteiger partial charge in [0.2, 0.25) is 11.0 Å². The maximum absolute atomic E-state index is 11.8. The van der Waals surface area contributed by atoms with Crippen molar-refractivity contribution in [2.45, 2.75) is 4.34 Å². The third kappa shape index (κ3) is 4.43. The molecule has 0 fully saturated rings. The number of ether oxygens (including phenoxy) is 1. The van der Waals surface area contributed by atoms with Crippen LogP contribution in [0.15, 0.2) is 28.6 Å². The van der Waals surface area contributed by atoms with Crippen molar-refractivity contribution in [2.24, 2.45) is 0 Å². The third-order valence-corrected chi connectivity index (χ3v) is 4.22. The number of rotatable bonds is 5. The van der Waals surface area contributed by atoms with E-state index in [9.17, 15) is 9.59 Å². The first-order chi connectivity index (χ1) is 10.1. The fraction of sp³-hybridized carbons (Fsp3) is 0.167. The number of nitrogens with one attached hydrogen (secondary N) is 1. The second-order valence-electron chi connectivity index (χ2n) is 3.81. The van der Waals surface area contributed by atoms with Crippen molar-refractivity contribution >= 4 is 45.8 Å². The maximum atomic E-state index is 11.8. The van der Waals surface area contributed by atoms with Crippen LogP contribution < -0.4 is 11.1 Å². The molecule has 7 nitrogen and oxygen atoms in total. The predicted molar refractivity (Wildman–Crippen MR) is 81.5 cm³/mol. The van der Waals surface area contributed by atoms with E-state index in [4.69, 9.17) is 5.73 Å². The molecule has 1 aromatic heterocycles. The SMILES string of the molecule is COC(=O)c1ccc(NC(=O)CSc2nnc(N)s2)cc1. The molecule has 1 amide bonds. The van der Waals surface area contributed by atoms with Crippen LogP contribution in [0.1, 0.15) is 10.4 Å². The van der Waals surface area contributed by atoms with Crippen molar-refractivity contribution in [1.82, 2.24) is 10.2 Å². The van der Waals surface area contributed by atoms with E-state index >= 15 is 0 Å². The van der Waals surface area contributed by atoms with Crippen LogP contribution in [-0.2, 0) is 9.53 Å². The lowest BCUT2D eigenvalue weighted by atomic mass is 10.2. The molecule has 0 spiro atoms. The molecule has 0 saturated heterocycles. The number of hydrogen-bond acceptors (Lipinski definition) is 8. The van der Waals surface area contributed by atoms with Crippen LogP contribution in [0.4, 0.5) is 10.8 Å². The molecule has 0 aliphatic rings. The van der Waals surface area contributed by atoms with Crippen molar-refractivity contribution in [3.63, 3.8) is 0 Å². The van der Waals surface area contributed by atoms with Gasteiger partial charge in [0.05, 0.1) is 18.4 Å². The van der Waals surface area contributed by atoms with E-state index in [0.29, 0.717) is 20.7 Å². The summed E-state index contributed by atoms with van der Waals surface area (Å²) in [7, 11) is 1.31. The summed E-state index contributed by atoms with van der Waals surface area (Å²) < 4.78 is 5.24. The summed E-state index contributed by atoms with van der Waals surface area (Å²) in [5.74, 6) is -0.398. The Balaban J connectivity index is 1.86. The van der Waals surface area contributed by atoms with Gasteiger partial charge >= 0.3 is 5.97 Å². The number of carbonyl (C=O) groups is 2. The van der Waals surface area contributed by atoms with E-state index in [1.165, 1.54) is 30.2 Å². The van der Waals surface area contributed by atoms with E-state index in [1.54, 1.807) is 24.3 Å². The standard InChI is InChI=1S/C12H12N4O3S2/c1-19-10(18)7-2-4-8(5-3-7)14-9(17)6-20-12-16-15-11(13)21-12/h2-5H,6H2,1H3,(H2,13,15)(H,14,17). The van der Waals surface area contributed by atoms with Crippen LogP contribution in [0.3, 0.4) is 0 Å². The van der Waals surface area contributed by atoms with Gasteiger partial charge in [-0.3, -0.25) is 4.79 Å². The van der Waals surface area contributed by atoms with Crippen LogP contribution in [0.5, 0.6) is 0 Å². The Kier molecular flexibility index (Phi) is 5.12. The van der Waals surface area contributed by atoms with E-state index in [-0.39, 0.29) is 11.7 Å². The third-order valence-electron chi connectivity index (χ3n) is 2.34. The second kappa shape index (κ2) is 7.04. The lowest BCUT2D eigenvalue weighted by molar-refractivity contribution is -0.113. The molecule has 0 unspecified atom stereocenters. The average Bonchev–Trinajstić information content (AvgIpc) is 2.91. The smallest absolute Gasteiger partial charge is 0.337 e. The summed E-state index contributed by atoms with van der Waals surface area (Å²) >= 11 is 2.49.